The first-order valence-electron chi connectivity index (χ1n) is 5.18. The number of rotatable bonds is 3. The fraction of sp³-hybridized carbons (Fsp3) is 0.308. The molecule has 1 aromatic carbocycles. The van der Waals surface area contributed by atoms with Gasteiger partial charge in [-0.2, -0.15) is 0 Å². The number of hydrogen-bond acceptors (Lipinski definition) is 4. The molecule has 0 radical (unpaired) electrons. The minimum absolute atomic E-state index is 0.494. The van der Waals surface area contributed by atoms with Crippen LogP contribution in [0.3, 0.4) is 0 Å². The van der Waals surface area contributed by atoms with Gasteiger partial charge in [0.1, 0.15) is 11.9 Å². The average molecular weight is 234 g/mol. The van der Waals surface area contributed by atoms with Crippen LogP contribution >= 0.6 is 0 Å². The van der Waals surface area contributed by atoms with Gasteiger partial charge in [0, 0.05) is 11.5 Å². The number of aliphatic hydroxyl groups is 1. The second kappa shape index (κ2) is 6.56. The molecule has 0 saturated heterocycles. The van der Waals surface area contributed by atoms with E-state index in [2.05, 4.69) is 16.6 Å². The standard InChI is InChI=1S/C13H14O4/c1-3-17-12-7-5-4-6-10(12)11(14)8-9-13(15)16-2/h4-7,11,14H,3H2,1-2H3. The zero-order valence-corrected chi connectivity index (χ0v) is 9.77. The summed E-state index contributed by atoms with van der Waals surface area (Å²) in [4.78, 5) is 10.8. The van der Waals surface area contributed by atoms with Gasteiger partial charge in [0.05, 0.1) is 13.7 Å². The molecule has 1 unspecified atom stereocenters. The van der Waals surface area contributed by atoms with E-state index in [1.807, 2.05) is 6.92 Å². The summed E-state index contributed by atoms with van der Waals surface area (Å²) in [6.07, 6.45) is -1.07. The van der Waals surface area contributed by atoms with Gasteiger partial charge >= 0.3 is 5.97 Å². The Morgan fingerprint density at radius 1 is 1.47 bits per heavy atom. The quantitative estimate of drug-likeness (QED) is 0.486. The lowest BCUT2D eigenvalue weighted by Gasteiger charge is -2.10. The second-order valence-corrected chi connectivity index (χ2v) is 3.13. The predicted octanol–water partition coefficient (Wildman–Crippen LogP) is 1.30. The zero-order valence-electron chi connectivity index (χ0n) is 9.77. The maximum absolute atomic E-state index is 10.8. The first-order chi connectivity index (χ1) is 8.19. The molecule has 0 amide bonds. The Morgan fingerprint density at radius 2 is 2.18 bits per heavy atom. The molecule has 0 bridgehead atoms. The van der Waals surface area contributed by atoms with Crippen molar-refractivity contribution in [1.29, 1.82) is 0 Å². The number of carbonyl (C=O) groups excluding carboxylic acids is 1. The molecular weight excluding hydrogens is 220 g/mol. The third kappa shape index (κ3) is 3.82. The molecule has 4 nitrogen and oxygen atoms in total. The summed E-state index contributed by atoms with van der Waals surface area (Å²) in [5, 5.41) is 9.81. The molecule has 0 aliphatic heterocycles. The topological polar surface area (TPSA) is 55.8 Å². The molecule has 0 aliphatic rings. The summed E-state index contributed by atoms with van der Waals surface area (Å²) in [5.41, 5.74) is 0.533. The number of aliphatic hydroxyl groups excluding tert-OH is 1. The summed E-state index contributed by atoms with van der Waals surface area (Å²) in [5.74, 6) is 4.46. The van der Waals surface area contributed by atoms with Crippen LogP contribution < -0.4 is 4.74 Å². The molecule has 0 aliphatic carbocycles. The minimum atomic E-state index is -1.07. The van der Waals surface area contributed by atoms with Gasteiger partial charge in [0.15, 0.2) is 0 Å². The normalized spacial score (nSPS) is 11.0. The van der Waals surface area contributed by atoms with Crippen LogP contribution in [0.1, 0.15) is 18.6 Å². The molecule has 1 rings (SSSR count). The Hall–Kier alpha value is -1.99. The Kier molecular flexibility index (Phi) is 5.05. The van der Waals surface area contributed by atoms with Crippen LogP contribution in [0.5, 0.6) is 5.75 Å². The van der Waals surface area contributed by atoms with Crippen molar-refractivity contribution in [3.05, 3.63) is 29.8 Å². The van der Waals surface area contributed by atoms with Gasteiger partial charge < -0.3 is 14.6 Å². The first kappa shape index (κ1) is 13.1. The molecule has 90 valence electrons. The zero-order chi connectivity index (χ0) is 12.7. The second-order valence-electron chi connectivity index (χ2n) is 3.13. The maximum atomic E-state index is 10.8. The highest BCUT2D eigenvalue weighted by Crippen LogP contribution is 2.24. The molecule has 0 fully saturated rings. The van der Waals surface area contributed by atoms with Crippen LogP contribution in [-0.4, -0.2) is 24.8 Å². The lowest BCUT2D eigenvalue weighted by molar-refractivity contribution is -0.133. The number of carbonyl (C=O) groups is 1. The molecular formula is C13H14O4. The summed E-state index contributed by atoms with van der Waals surface area (Å²) < 4.78 is 9.71. The number of methoxy groups -OCH3 is 1. The van der Waals surface area contributed by atoms with Crippen LogP contribution in [0.4, 0.5) is 0 Å². The van der Waals surface area contributed by atoms with Crippen molar-refractivity contribution in [3.63, 3.8) is 0 Å². The molecule has 0 spiro atoms. The summed E-state index contributed by atoms with van der Waals surface area (Å²) in [7, 11) is 1.23. The molecule has 4 heteroatoms. The summed E-state index contributed by atoms with van der Waals surface area (Å²) in [6, 6.07) is 7.00. The monoisotopic (exact) mass is 234 g/mol. The Balaban J connectivity index is 2.90. The van der Waals surface area contributed by atoms with Crippen LogP contribution in [-0.2, 0) is 9.53 Å². The van der Waals surface area contributed by atoms with E-state index in [9.17, 15) is 9.90 Å². The van der Waals surface area contributed by atoms with Crippen LogP contribution in [0.25, 0.3) is 0 Å². The number of benzene rings is 1. The van der Waals surface area contributed by atoms with E-state index >= 15 is 0 Å². The third-order valence-corrected chi connectivity index (χ3v) is 2.01. The van der Waals surface area contributed by atoms with E-state index in [1.54, 1.807) is 24.3 Å². The molecule has 17 heavy (non-hydrogen) atoms. The van der Waals surface area contributed by atoms with E-state index in [0.717, 1.165) is 0 Å². The Bertz CT molecular complexity index is 442. The molecule has 1 atom stereocenters. The van der Waals surface area contributed by atoms with Gasteiger partial charge in [-0.25, -0.2) is 4.79 Å². The van der Waals surface area contributed by atoms with Crippen LogP contribution in [0, 0.1) is 11.8 Å². The van der Waals surface area contributed by atoms with Crippen molar-refractivity contribution in [3.8, 4) is 17.6 Å². The van der Waals surface area contributed by atoms with Crippen LogP contribution in [0.15, 0.2) is 24.3 Å². The van der Waals surface area contributed by atoms with Crippen molar-refractivity contribution >= 4 is 5.97 Å². The SMILES string of the molecule is CCOc1ccccc1C(O)C#CC(=O)OC. The molecule has 0 heterocycles. The van der Waals surface area contributed by atoms with Crippen molar-refractivity contribution in [2.24, 2.45) is 0 Å². The van der Waals surface area contributed by atoms with Crippen molar-refractivity contribution < 1.29 is 19.4 Å². The summed E-state index contributed by atoms with van der Waals surface area (Å²) >= 11 is 0. The third-order valence-electron chi connectivity index (χ3n) is 2.01. The predicted molar refractivity (Wildman–Crippen MR) is 62.4 cm³/mol. The van der Waals surface area contributed by atoms with Crippen LogP contribution in [0.2, 0.25) is 0 Å². The van der Waals surface area contributed by atoms with Crippen molar-refractivity contribution in [1.82, 2.24) is 0 Å². The number of esters is 1. The summed E-state index contributed by atoms with van der Waals surface area (Å²) in [6.45, 7) is 2.34. The fourth-order valence-corrected chi connectivity index (χ4v) is 1.25. The molecule has 1 N–H and O–H groups in total. The largest absolute Gasteiger partial charge is 0.493 e. The highest BCUT2D eigenvalue weighted by atomic mass is 16.5. The maximum Gasteiger partial charge on any atom is 0.384 e. The average Bonchev–Trinajstić information content (AvgIpc) is 2.36. The van der Waals surface area contributed by atoms with Gasteiger partial charge in [-0.05, 0) is 13.0 Å². The van der Waals surface area contributed by atoms with Gasteiger partial charge in [-0.15, -0.1) is 0 Å². The molecule has 0 saturated carbocycles. The number of hydrogen-bond donors (Lipinski definition) is 1. The van der Waals surface area contributed by atoms with Gasteiger partial charge in [0.2, 0.25) is 0 Å². The first-order valence-corrected chi connectivity index (χ1v) is 5.18. The molecule has 0 aromatic heterocycles. The van der Waals surface area contributed by atoms with Gasteiger partial charge in [-0.3, -0.25) is 0 Å². The lowest BCUT2D eigenvalue weighted by Crippen LogP contribution is -2.02. The van der Waals surface area contributed by atoms with Gasteiger partial charge in [0.25, 0.3) is 0 Å². The van der Waals surface area contributed by atoms with Crippen molar-refractivity contribution in [2.45, 2.75) is 13.0 Å². The number of ether oxygens (including phenoxy) is 2. The lowest BCUT2D eigenvalue weighted by atomic mass is 10.1. The van der Waals surface area contributed by atoms with E-state index in [0.29, 0.717) is 17.9 Å². The number of para-hydroxylation sites is 1. The van der Waals surface area contributed by atoms with Crippen molar-refractivity contribution in [2.75, 3.05) is 13.7 Å². The van der Waals surface area contributed by atoms with E-state index in [1.165, 1.54) is 7.11 Å². The van der Waals surface area contributed by atoms with E-state index in [4.69, 9.17) is 4.74 Å². The van der Waals surface area contributed by atoms with E-state index in [-0.39, 0.29) is 0 Å². The van der Waals surface area contributed by atoms with E-state index < -0.39 is 12.1 Å². The minimum Gasteiger partial charge on any atom is -0.493 e. The Labute approximate surface area is 100 Å². The smallest absolute Gasteiger partial charge is 0.384 e. The van der Waals surface area contributed by atoms with Gasteiger partial charge in [-0.1, -0.05) is 24.1 Å². The Morgan fingerprint density at radius 3 is 2.82 bits per heavy atom. The fourth-order valence-electron chi connectivity index (χ4n) is 1.25. The molecule has 1 aromatic rings. The highest BCUT2D eigenvalue weighted by Gasteiger charge is 2.10. The highest BCUT2D eigenvalue weighted by molar-refractivity contribution is 5.88.